The third kappa shape index (κ3) is 2.27. The van der Waals surface area contributed by atoms with Crippen LogP contribution in [0.3, 0.4) is 0 Å². The second-order valence-electron chi connectivity index (χ2n) is 5.02. The highest BCUT2D eigenvalue weighted by Crippen LogP contribution is 2.33. The van der Waals surface area contributed by atoms with Crippen molar-refractivity contribution in [3.05, 3.63) is 22.7 Å². The van der Waals surface area contributed by atoms with Crippen LogP contribution in [-0.2, 0) is 4.74 Å². The molecule has 0 radical (unpaired) electrons. The highest BCUT2D eigenvalue weighted by atomic mass is 16.5. The Morgan fingerprint density at radius 2 is 2.30 bits per heavy atom. The molecular formula is C14H18N2O4. The summed E-state index contributed by atoms with van der Waals surface area (Å²) in [5.74, 6) is 0.255. The van der Waals surface area contributed by atoms with Crippen molar-refractivity contribution in [2.24, 2.45) is 0 Å². The van der Waals surface area contributed by atoms with Crippen molar-refractivity contribution in [2.45, 2.75) is 18.9 Å². The van der Waals surface area contributed by atoms with E-state index in [1.54, 1.807) is 13.2 Å². The number of methoxy groups -OCH3 is 1. The van der Waals surface area contributed by atoms with Crippen LogP contribution >= 0.6 is 0 Å². The zero-order valence-corrected chi connectivity index (χ0v) is 11.6. The predicted octanol–water partition coefficient (Wildman–Crippen LogP) is 1.74. The Kier molecular flexibility index (Phi) is 3.40. The molecule has 0 spiro atoms. The van der Waals surface area contributed by atoms with Gasteiger partial charge in [-0.05, 0) is 12.8 Å². The molecule has 1 fully saturated rings. The Morgan fingerprint density at radius 3 is 3.00 bits per heavy atom. The maximum Gasteiger partial charge on any atom is 0.417 e. The van der Waals surface area contributed by atoms with Crippen LogP contribution in [0.2, 0.25) is 0 Å². The molecule has 0 bridgehead atoms. The van der Waals surface area contributed by atoms with Gasteiger partial charge in [-0.25, -0.2) is 4.79 Å². The molecule has 0 amide bonds. The van der Waals surface area contributed by atoms with Crippen LogP contribution in [0, 0.1) is 0 Å². The van der Waals surface area contributed by atoms with Crippen LogP contribution in [0.4, 0.5) is 5.69 Å². The minimum Gasteiger partial charge on any atom is -0.494 e. The van der Waals surface area contributed by atoms with Gasteiger partial charge in [0.1, 0.15) is 5.75 Å². The number of aromatic amines is 1. The van der Waals surface area contributed by atoms with E-state index in [0.717, 1.165) is 25.1 Å². The fraction of sp³-hybridized carbons (Fsp3) is 0.500. The summed E-state index contributed by atoms with van der Waals surface area (Å²) in [5.41, 5.74) is 2.08. The van der Waals surface area contributed by atoms with E-state index in [-0.39, 0.29) is 0 Å². The number of fused-ring (bicyclic) bond motifs is 1. The van der Waals surface area contributed by atoms with Crippen molar-refractivity contribution in [3.63, 3.8) is 0 Å². The summed E-state index contributed by atoms with van der Waals surface area (Å²) in [6.45, 7) is 1.53. The van der Waals surface area contributed by atoms with Gasteiger partial charge in [0, 0.05) is 25.8 Å². The lowest BCUT2D eigenvalue weighted by atomic mass is 10.1. The number of nitrogens with zero attached hydrogens (tertiary/aromatic N) is 1. The number of H-pyrrole nitrogens is 1. The molecule has 3 rings (SSSR count). The lowest BCUT2D eigenvalue weighted by molar-refractivity contribution is 0.0806. The van der Waals surface area contributed by atoms with Crippen LogP contribution in [0.15, 0.2) is 21.3 Å². The largest absolute Gasteiger partial charge is 0.494 e. The number of nitrogens with one attached hydrogen (secondary N) is 1. The van der Waals surface area contributed by atoms with E-state index in [2.05, 4.69) is 9.88 Å². The van der Waals surface area contributed by atoms with Gasteiger partial charge in [-0.1, -0.05) is 0 Å². The van der Waals surface area contributed by atoms with Crippen molar-refractivity contribution < 1.29 is 13.9 Å². The number of aromatic nitrogens is 1. The number of hydrogen-bond donors (Lipinski definition) is 1. The first-order valence-electron chi connectivity index (χ1n) is 6.70. The zero-order chi connectivity index (χ0) is 14.1. The molecule has 20 heavy (non-hydrogen) atoms. The van der Waals surface area contributed by atoms with E-state index >= 15 is 0 Å². The van der Waals surface area contributed by atoms with Crippen LogP contribution in [-0.4, -0.2) is 38.4 Å². The van der Waals surface area contributed by atoms with Crippen LogP contribution in [0.25, 0.3) is 11.1 Å². The predicted molar refractivity (Wildman–Crippen MR) is 75.6 cm³/mol. The molecular weight excluding hydrogens is 260 g/mol. The first-order valence-corrected chi connectivity index (χ1v) is 6.70. The molecule has 1 aliphatic rings. The van der Waals surface area contributed by atoms with Crippen molar-refractivity contribution in [3.8, 4) is 5.75 Å². The van der Waals surface area contributed by atoms with Gasteiger partial charge in [-0.3, -0.25) is 4.98 Å². The molecule has 108 valence electrons. The molecule has 2 heterocycles. The number of rotatable bonds is 3. The summed E-state index contributed by atoms with van der Waals surface area (Å²) in [6, 6.07) is 3.93. The van der Waals surface area contributed by atoms with Crippen molar-refractivity contribution >= 4 is 16.8 Å². The molecule has 1 N–H and O–H groups in total. The highest BCUT2D eigenvalue weighted by molar-refractivity contribution is 5.81. The third-order valence-corrected chi connectivity index (χ3v) is 3.78. The van der Waals surface area contributed by atoms with Gasteiger partial charge in [0.25, 0.3) is 0 Å². The van der Waals surface area contributed by atoms with Gasteiger partial charge < -0.3 is 18.8 Å². The lowest BCUT2D eigenvalue weighted by Crippen LogP contribution is -2.38. The van der Waals surface area contributed by atoms with Crippen molar-refractivity contribution in [2.75, 3.05) is 32.3 Å². The van der Waals surface area contributed by atoms with Crippen LogP contribution < -0.4 is 15.4 Å². The third-order valence-electron chi connectivity index (χ3n) is 3.78. The number of anilines is 1. The Hall–Kier alpha value is -1.95. The minimum atomic E-state index is -0.456. The van der Waals surface area contributed by atoms with E-state index in [0.29, 0.717) is 29.5 Å². The van der Waals surface area contributed by atoms with Crippen molar-refractivity contribution in [1.82, 2.24) is 4.98 Å². The molecule has 1 aromatic heterocycles. The van der Waals surface area contributed by atoms with Crippen LogP contribution in [0.1, 0.15) is 12.8 Å². The molecule has 1 aliphatic heterocycles. The summed E-state index contributed by atoms with van der Waals surface area (Å²) in [7, 11) is 3.63. The first-order chi connectivity index (χ1) is 9.69. The Bertz CT molecular complexity index is 655. The topological polar surface area (TPSA) is 67.7 Å². The van der Waals surface area contributed by atoms with Gasteiger partial charge in [0.15, 0.2) is 5.58 Å². The summed E-state index contributed by atoms with van der Waals surface area (Å²) in [5, 5.41) is 0. The molecule has 6 heteroatoms. The maximum atomic E-state index is 11.3. The monoisotopic (exact) mass is 278 g/mol. The van der Waals surface area contributed by atoms with Gasteiger partial charge in [-0.2, -0.15) is 0 Å². The zero-order valence-electron chi connectivity index (χ0n) is 11.6. The summed E-state index contributed by atoms with van der Waals surface area (Å²) < 4.78 is 16.1. The molecule has 0 aliphatic carbocycles. The molecule has 1 atom stereocenters. The van der Waals surface area contributed by atoms with Crippen molar-refractivity contribution in [1.29, 1.82) is 0 Å². The summed E-state index contributed by atoms with van der Waals surface area (Å²) >= 11 is 0. The number of ether oxygens (including phenoxy) is 2. The lowest BCUT2D eigenvalue weighted by Gasteiger charge is -2.33. The maximum absolute atomic E-state index is 11.3. The summed E-state index contributed by atoms with van der Waals surface area (Å²) in [6.07, 6.45) is 2.13. The number of likely N-dealkylation sites (N-methyl/N-ethyl adjacent to an activating group) is 1. The fourth-order valence-electron chi connectivity index (χ4n) is 2.63. The van der Waals surface area contributed by atoms with E-state index in [1.165, 1.54) is 0 Å². The molecule has 0 saturated carbocycles. The van der Waals surface area contributed by atoms with Gasteiger partial charge in [0.2, 0.25) is 0 Å². The average Bonchev–Trinajstić information content (AvgIpc) is 2.85. The van der Waals surface area contributed by atoms with E-state index < -0.39 is 5.76 Å². The number of hydrogen-bond acceptors (Lipinski definition) is 5. The molecule has 2 aromatic rings. The molecule has 1 unspecified atom stereocenters. The number of oxazole rings is 1. The average molecular weight is 278 g/mol. The Balaban J connectivity index is 2.01. The Morgan fingerprint density at radius 1 is 1.45 bits per heavy atom. The smallest absolute Gasteiger partial charge is 0.417 e. The summed E-state index contributed by atoms with van der Waals surface area (Å²) in [4.78, 5) is 16.0. The quantitative estimate of drug-likeness (QED) is 0.926. The normalized spacial score (nSPS) is 19.2. The van der Waals surface area contributed by atoms with E-state index in [1.807, 2.05) is 13.1 Å². The SMILES string of the molecule is COc1cc2[nH]c(=O)oc2cc1N(C)C1CCCOC1. The first kappa shape index (κ1) is 13.1. The Labute approximate surface area is 116 Å². The number of benzene rings is 1. The molecule has 1 aromatic carbocycles. The second-order valence-corrected chi connectivity index (χ2v) is 5.02. The van der Waals surface area contributed by atoms with Crippen LogP contribution in [0.5, 0.6) is 5.75 Å². The second kappa shape index (κ2) is 5.20. The molecule has 6 nitrogen and oxygen atoms in total. The van der Waals surface area contributed by atoms with E-state index in [9.17, 15) is 4.79 Å². The standard InChI is InChI=1S/C14H18N2O4/c1-16(9-4-3-5-19-8-9)11-7-12-10(6-13(11)18-2)15-14(17)20-12/h6-7,9H,3-5,8H2,1-2H3,(H,15,17). The minimum absolute atomic E-state index is 0.306. The van der Waals surface area contributed by atoms with Gasteiger partial charge in [-0.15, -0.1) is 0 Å². The fourth-order valence-corrected chi connectivity index (χ4v) is 2.63. The van der Waals surface area contributed by atoms with Gasteiger partial charge >= 0.3 is 5.76 Å². The van der Waals surface area contributed by atoms with Gasteiger partial charge in [0.05, 0.1) is 31.0 Å². The highest BCUT2D eigenvalue weighted by Gasteiger charge is 2.22. The molecule has 1 saturated heterocycles. The van der Waals surface area contributed by atoms with E-state index in [4.69, 9.17) is 13.9 Å².